The summed E-state index contributed by atoms with van der Waals surface area (Å²) in [5, 5.41) is 0.150. The number of rotatable bonds is 5. The van der Waals surface area contributed by atoms with E-state index in [1.54, 1.807) is 0 Å². The third-order valence-corrected chi connectivity index (χ3v) is 3.64. The molecule has 19 heavy (non-hydrogen) atoms. The van der Waals surface area contributed by atoms with Crippen LogP contribution in [0.15, 0.2) is 42.6 Å². The van der Waals surface area contributed by atoms with E-state index in [-0.39, 0.29) is 5.38 Å². The first-order valence-corrected chi connectivity index (χ1v) is 7.18. The molecule has 0 saturated heterocycles. The SMILES string of the molecule is Cc1ccc(CCC(Cl)Cc2ccc(C)cn2)cc1. The average molecular weight is 274 g/mol. The Labute approximate surface area is 120 Å². The van der Waals surface area contributed by atoms with Gasteiger partial charge in [-0.25, -0.2) is 0 Å². The molecule has 0 spiro atoms. The van der Waals surface area contributed by atoms with E-state index in [0.29, 0.717) is 0 Å². The van der Waals surface area contributed by atoms with Crippen molar-refractivity contribution in [3.63, 3.8) is 0 Å². The van der Waals surface area contributed by atoms with Gasteiger partial charge in [-0.1, -0.05) is 35.9 Å². The summed E-state index contributed by atoms with van der Waals surface area (Å²) < 4.78 is 0. The minimum absolute atomic E-state index is 0.150. The third-order valence-electron chi connectivity index (χ3n) is 3.27. The molecule has 0 aliphatic heterocycles. The van der Waals surface area contributed by atoms with Crippen molar-refractivity contribution < 1.29 is 0 Å². The fourth-order valence-electron chi connectivity index (χ4n) is 2.03. The Morgan fingerprint density at radius 3 is 2.32 bits per heavy atom. The fourth-order valence-corrected chi connectivity index (χ4v) is 2.29. The van der Waals surface area contributed by atoms with Crippen molar-refractivity contribution in [3.8, 4) is 0 Å². The molecule has 0 radical (unpaired) electrons. The number of nitrogens with zero attached hydrogens (tertiary/aromatic N) is 1. The molecule has 0 aliphatic rings. The van der Waals surface area contributed by atoms with Gasteiger partial charge < -0.3 is 0 Å². The highest BCUT2D eigenvalue weighted by Crippen LogP contribution is 2.14. The third kappa shape index (κ3) is 4.68. The number of aromatic nitrogens is 1. The van der Waals surface area contributed by atoms with Crippen LogP contribution in [0.2, 0.25) is 0 Å². The number of pyridine rings is 1. The molecule has 1 heterocycles. The Balaban J connectivity index is 1.82. The number of benzene rings is 1. The van der Waals surface area contributed by atoms with Crippen molar-refractivity contribution in [2.75, 3.05) is 0 Å². The van der Waals surface area contributed by atoms with Crippen molar-refractivity contribution in [1.82, 2.24) is 4.98 Å². The summed E-state index contributed by atoms with van der Waals surface area (Å²) in [5.74, 6) is 0. The van der Waals surface area contributed by atoms with Crippen LogP contribution < -0.4 is 0 Å². The second-order valence-corrected chi connectivity index (χ2v) is 5.77. The van der Waals surface area contributed by atoms with E-state index in [2.05, 4.69) is 48.3 Å². The van der Waals surface area contributed by atoms with Crippen LogP contribution in [0.1, 0.15) is 28.8 Å². The van der Waals surface area contributed by atoms with E-state index in [1.807, 2.05) is 13.1 Å². The number of aryl methyl sites for hydroxylation is 3. The zero-order valence-corrected chi connectivity index (χ0v) is 12.3. The molecular weight excluding hydrogens is 254 g/mol. The summed E-state index contributed by atoms with van der Waals surface area (Å²) in [6, 6.07) is 12.8. The van der Waals surface area contributed by atoms with Gasteiger partial charge in [0.1, 0.15) is 0 Å². The van der Waals surface area contributed by atoms with Crippen LogP contribution in [0.5, 0.6) is 0 Å². The monoisotopic (exact) mass is 273 g/mol. The minimum atomic E-state index is 0.150. The standard InChI is InChI=1S/C17H20ClN/c1-13-3-6-15(7-4-13)8-9-16(18)11-17-10-5-14(2)12-19-17/h3-7,10,12,16H,8-9,11H2,1-2H3. The first-order chi connectivity index (χ1) is 9.13. The summed E-state index contributed by atoms with van der Waals surface area (Å²) >= 11 is 6.40. The maximum atomic E-state index is 6.40. The number of halogens is 1. The summed E-state index contributed by atoms with van der Waals surface area (Å²) in [6.07, 6.45) is 4.76. The average Bonchev–Trinajstić information content (AvgIpc) is 2.41. The highest BCUT2D eigenvalue weighted by molar-refractivity contribution is 6.20. The predicted molar refractivity (Wildman–Crippen MR) is 81.8 cm³/mol. The number of alkyl halides is 1. The molecule has 1 unspecified atom stereocenters. The molecule has 1 atom stereocenters. The van der Waals surface area contributed by atoms with Gasteiger partial charge in [-0.2, -0.15) is 0 Å². The van der Waals surface area contributed by atoms with Crippen LogP contribution >= 0.6 is 11.6 Å². The Bertz CT molecular complexity index is 502. The Morgan fingerprint density at radius 2 is 1.68 bits per heavy atom. The molecule has 2 heteroatoms. The van der Waals surface area contributed by atoms with Crippen LogP contribution in [-0.4, -0.2) is 10.4 Å². The maximum absolute atomic E-state index is 6.40. The van der Waals surface area contributed by atoms with Crippen molar-refractivity contribution in [3.05, 3.63) is 65.0 Å². The summed E-state index contributed by atoms with van der Waals surface area (Å²) in [5.41, 5.74) is 4.92. The van der Waals surface area contributed by atoms with Crippen LogP contribution in [0.4, 0.5) is 0 Å². The lowest BCUT2D eigenvalue weighted by atomic mass is 10.0. The zero-order valence-electron chi connectivity index (χ0n) is 11.6. The Hall–Kier alpha value is -1.34. The predicted octanol–water partition coefficient (Wildman–Crippen LogP) is 4.48. The van der Waals surface area contributed by atoms with Crippen molar-refractivity contribution in [2.45, 2.75) is 38.5 Å². The lowest BCUT2D eigenvalue weighted by Gasteiger charge is -2.09. The molecule has 1 nitrogen and oxygen atoms in total. The van der Waals surface area contributed by atoms with Crippen LogP contribution in [0.25, 0.3) is 0 Å². The van der Waals surface area contributed by atoms with Gasteiger partial charge in [0, 0.05) is 23.7 Å². The van der Waals surface area contributed by atoms with E-state index < -0.39 is 0 Å². The second kappa shape index (κ2) is 6.72. The molecule has 0 aliphatic carbocycles. The first-order valence-electron chi connectivity index (χ1n) is 6.74. The van der Waals surface area contributed by atoms with Crippen LogP contribution in [0.3, 0.4) is 0 Å². The second-order valence-electron chi connectivity index (χ2n) is 5.15. The summed E-state index contributed by atoms with van der Waals surface area (Å²) in [4.78, 5) is 4.40. The quantitative estimate of drug-likeness (QED) is 0.732. The molecule has 1 aromatic heterocycles. The molecule has 0 saturated carbocycles. The number of hydrogen-bond donors (Lipinski definition) is 0. The normalized spacial score (nSPS) is 12.4. The highest BCUT2D eigenvalue weighted by atomic mass is 35.5. The smallest absolute Gasteiger partial charge is 0.0418 e. The van der Waals surface area contributed by atoms with Gasteiger partial charge in [-0.15, -0.1) is 11.6 Å². The van der Waals surface area contributed by atoms with E-state index in [1.165, 1.54) is 16.7 Å². The van der Waals surface area contributed by atoms with Gasteiger partial charge in [0.15, 0.2) is 0 Å². The minimum Gasteiger partial charge on any atom is -0.261 e. The van der Waals surface area contributed by atoms with Crippen molar-refractivity contribution >= 4 is 11.6 Å². The lowest BCUT2D eigenvalue weighted by molar-refractivity contribution is 0.731. The van der Waals surface area contributed by atoms with Crippen molar-refractivity contribution in [1.29, 1.82) is 0 Å². The molecular formula is C17H20ClN. The van der Waals surface area contributed by atoms with E-state index in [9.17, 15) is 0 Å². The molecule has 0 fully saturated rings. The lowest BCUT2D eigenvalue weighted by Crippen LogP contribution is -2.06. The van der Waals surface area contributed by atoms with Crippen LogP contribution in [-0.2, 0) is 12.8 Å². The molecule has 2 aromatic rings. The van der Waals surface area contributed by atoms with Gasteiger partial charge in [0.05, 0.1) is 0 Å². The molecule has 0 amide bonds. The molecule has 1 aromatic carbocycles. The van der Waals surface area contributed by atoms with E-state index in [0.717, 1.165) is 25.0 Å². The van der Waals surface area contributed by atoms with Gasteiger partial charge in [0.2, 0.25) is 0 Å². The summed E-state index contributed by atoms with van der Waals surface area (Å²) in [7, 11) is 0. The molecule has 0 bridgehead atoms. The first kappa shape index (κ1) is 14.1. The van der Waals surface area contributed by atoms with Gasteiger partial charge in [0.25, 0.3) is 0 Å². The van der Waals surface area contributed by atoms with Gasteiger partial charge in [-0.05, 0) is 43.9 Å². The molecule has 100 valence electrons. The largest absolute Gasteiger partial charge is 0.261 e. The van der Waals surface area contributed by atoms with E-state index >= 15 is 0 Å². The fraction of sp³-hybridized carbons (Fsp3) is 0.353. The zero-order chi connectivity index (χ0) is 13.7. The Morgan fingerprint density at radius 1 is 1.00 bits per heavy atom. The van der Waals surface area contributed by atoms with Gasteiger partial charge in [-0.3, -0.25) is 4.98 Å². The molecule has 0 N–H and O–H groups in total. The topological polar surface area (TPSA) is 12.9 Å². The van der Waals surface area contributed by atoms with Crippen molar-refractivity contribution in [2.24, 2.45) is 0 Å². The van der Waals surface area contributed by atoms with Crippen LogP contribution in [0, 0.1) is 13.8 Å². The highest BCUT2D eigenvalue weighted by Gasteiger charge is 2.07. The van der Waals surface area contributed by atoms with E-state index in [4.69, 9.17) is 11.6 Å². The van der Waals surface area contributed by atoms with Gasteiger partial charge >= 0.3 is 0 Å². The number of hydrogen-bond acceptors (Lipinski definition) is 1. The molecule has 2 rings (SSSR count). The maximum Gasteiger partial charge on any atom is 0.0418 e. The Kier molecular flexibility index (Phi) is 4.98. The summed E-state index contributed by atoms with van der Waals surface area (Å²) in [6.45, 7) is 4.16.